The topological polar surface area (TPSA) is 48.0 Å². The van der Waals surface area contributed by atoms with E-state index in [9.17, 15) is 0 Å². The molecule has 0 bridgehead atoms. The number of nitrogens with one attached hydrogen (secondary N) is 2. The van der Waals surface area contributed by atoms with Crippen LogP contribution in [0, 0.1) is 0 Å². The van der Waals surface area contributed by atoms with Crippen LogP contribution in [0.4, 0.5) is 0 Å². The molecule has 1 unspecified atom stereocenters. The molecule has 2 rings (SSSR count). The number of H-pyrrole nitrogens is 1. The second-order valence-corrected chi connectivity index (χ2v) is 4.94. The number of aromatic nitrogens is 1. The minimum absolute atomic E-state index is 0.231. The van der Waals surface area contributed by atoms with Crippen molar-refractivity contribution in [3.63, 3.8) is 0 Å². The minimum atomic E-state index is 0.231. The average molecular weight is 267 g/mol. The lowest BCUT2D eigenvalue weighted by molar-refractivity contribution is 0.262. The molecule has 3 nitrogen and oxygen atoms in total. The van der Waals surface area contributed by atoms with Gasteiger partial charge in [-0.2, -0.15) is 0 Å². The number of aromatic amines is 1. The Bertz CT molecular complexity index is 509. The van der Waals surface area contributed by atoms with Crippen LogP contribution < -0.4 is 5.32 Å². The summed E-state index contributed by atoms with van der Waals surface area (Å²) in [4.78, 5) is 3.23. The van der Waals surface area contributed by atoms with Crippen molar-refractivity contribution in [3.05, 3.63) is 35.0 Å². The summed E-state index contributed by atoms with van der Waals surface area (Å²) >= 11 is 5.96. The van der Waals surface area contributed by atoms with Gasteiger partial charge in [0.2, 0.25) is 0 Å². The highest BCUT2D eigenvalue weighted by molar-refractivity contribution is 6.31. The van der Waals surface area contributed by atoms with Crippen LogP contribution in [0.15, 0.2) is 24.4 Å². The predicted molar refractivity (Wildman–Crippen MR) is 75.9 cm³/mol. The molecule has 3 N–H and O–H groups in total. The molecule has 0 saturated heterocycles. The van der Waals surface area contributed by atoms with E-state index in [0.717, 1.165) is 29.9 Å². The highest BCUT2D eigenvalue weighted by Gasteiger charge is 2.08. The summed E-state index contributed by atoms with van der Waals surface area (Å²) in [5, 5.41) is 14.4. The van der Waals surface area contributed by atoms with E-state index in [1.165, 1.54) is 10.9 Å². The maximum atomic E-state index is 8.97. The molecule has 0 amide bonds. The smallest absolute Gasteiger partial charge is 0.0472 e. The van der Waals surface area contributed by atoms with Crippen molar-refractivity contribution in [2.75, 3.05) is 6.61 Å². The summed E-state index contributed by atoms with van der Waals surface area (Å²) in [6.45, 7) is 3.16. The summed E-state index contributed by atoms with van der Waals surface area (Å²) in [5.41, 5.74) is 2.30. The summed E-state index contributed by atoms with van der Waals surface area (Å²) in [7, 11) is 0. The van der Waals surface area contributed by atoms with Gasteiger partial charge in [-0.1, -0.05) is 24.6 Å². The van der Waals surface area contributed by atoms with Gasteiger partial charge in [-0.05, 0) is 30.5 Å². The van der Waals surface area contributed by atoms with E-state index < -0.39 is 0 Å². The summed E-state index contributed by atoms with van der Waals surface area (Å²) < 4.78 is 0. The molecule has 1 heterocycles. The first-order valence-electron chi connectivity index (χ1n) is 6.34. The molecule has 0 saturated carbocycles. The van der Waals surface area contributed by atoms with Crippen LogP contribution in [0.5, 0.6) is 0 Å². The van der Waals surface area contributed by atoms with Crippen LogP contribution in [0.1, 0.15) is 25.3 Å². The zero-order valence-electron chi connectivity index (χ0n) is 10.5. The number of halogens is 1. The third-order valence-corrected chi connectivity index (χ3v) is 3.52. The van der Waals surface area contributed by atoms with Gasteiger partial charge < -0.3 is 15.4 Å². The standard InChI is InChI=1S/C14H19ClN2O/c1-2-12(5-6-18)16-8-10-9-17-14-7-11(15)3-4-13(10)14/h3-4,7,9,12,16-18H,2,5-6,8H2,1H3. The average Bonchev–Trinajstić information content (AvgIpc) is 2.76. The SMILES string of the molecule is CCC(CCO)NCc1c[nH]c2cc(Cl)ccc12. The number of benzene rings is 1. The molecule has 0 aliphatic carbocycles. The van der Waals surface area contributed by atoms with Gasteiger partial charge in [-0.15, -0.1) is 0 Å². The van der Waals surface area contributed by atoms with Crippen molar-refractivity contribution >= 4 is 22.5 Å². The molecule has 0 spiro atoms. The molecule has 1 aromatic heterocycles. The van der Waals surface area contributed by atoms with Crippen molar-refractivity contribution in [2.24, 2.45) is 0 Å². The van der Waals surface area contributed by atoms with Crippen LogP contribution in [0.25, 0.3) is 10.9 Å². The first kappa shape index (κ1) is 13.4. The van der Waals surface area contributed by atoms with E-state index in [2.05, 4.69) is 17.2 Å². The van der Waals surface area contributed by atoms with Gasteiger partial charge in [-0.25, -0.2) is 0 Å². The van der Waals surface area contributed by atoms with E-state index in [1.807, 2.05) is 24.4 Å². The highest BCUT2D eigenvalue weighted by atomic mass is 35.5. The maximum Gasteiger partial charge on any atom is 0.0472 e. The molecular formula is C14H19ClN2O. The Kier molecular flexibility index (Phi) is 4.64. The third kappa shape index (κ3) is 3.05. The van der Waals surface area contributed by atoms with Crippen molar-refractivity contribution in [1.29, 1.82) is 0 Å². The van der Waals surface area contributed by atoms with Gasteiger partial charge in [0, 0.05) is 41.3 Å². The molecule has 0 aliphatic rings. The molecule has 0 radical (unpaired) electrons. The summed E-state index contributed by atoms with van der Waals surface area (Å²) in [5.74, 6) is 0. The first-order valence-corrected chi connectivity index (χ1v) is 6.72. The molecule has 98 valence electrons. The molecule has 2 aromatic rings. The van der Waals surface area contributed by atoms with Crippen LogP contribution in [-0.2, 0) is 6.54 Å². The van der Waals surface area contributed by atoms with Crippen molar-refractivity contribution < 1.29 is 5.11 Å². The molecule has 4 heteroatoms. The quantitative estimate of drug-likeness (QED) is 0.753. The highest BCUT2D eigenvalue weighted by Crippen LogP contribution is 2.22. The number of hydrogen-bond donors (Lipinski definition) is 3. The fourth-order valence-electron chi connectivity index (χ4n) is 2.17. The third-order valence-electron chi connectivity index (χ3n) is 3.28. The lowest BCUT2D eigenvalue weighted by Crippen LogP contribution is -2.28. The van der Waals surface area contributed by atoms with Gasteiger partial charge in [-0.3, -0.25) is 0 Å². The Morgan fingerprint density at radius 3 is 3.00 bits per heavy atom. The van der Waals surface area contributed by atoms with E-state index in [1.54, 1.807) is 0 Å². The van der Waals surface area contributed by atoms with E-state index in [0.29, 0.717) is 6.04 Å². The molecule has 1 atom stereocenters. The van der Waals surface area contributed by atoms with Crippen molar-refractivity contribution in [3.8, 4) is 0 Å². The number of aliphatic hydroxyl groups excluding tert-OH is 1. The molecule has 1 aromatic carbocycles. The Hall–Kier alpha value is -1.03. The zero-order chi connectivity index (χ0) is 13.0. The normalized spacial score (nSPS) is 13.1. The van der Waals surface area contributed by atoms with Crippen LogP contribution in [-0.4, -0.2) is 22.7 Å². The van der Waals surface area contributed by atoms with Gasteiger partial charge in [0.15, 0.2) is 0 Å². The van der Waals surface area contributed by atoms with Gasteiger partial charge in [0.05, 0.1) is 0 Å². The van der Waals surface area contributed by atoms with Crippen molar-refractivity contribution in [2.45, 2.75) is 32.4 Å². The van der Waals surface area contributed by atoms with Crippen LogP contribution in [0.2, 0.25) is 5.02 Å². The number of rotatable bonds is 6. The summed E-state index contributed by atoms with van der Waals surface area (Å²) in [6.07, 6.45) is 3.83. The number of hydrogen-bond acceptors (Lipinski definition) is 2. The van der Waals surface area contributed by atoms with Crippen molar-refractivity contribution in [1.82, 2.24) is 10.3 Å². The number of fused-ring (bicyclic) bond motifs is 1. The Morgan fingerprint density at radius 1 is 1.44 bits per heavy atom. The summed E-state index contributed by atoms with van der Waals surface area (Å²) in [6, 6.07) is 6.25. The van der Waals surface area contributed by atoms with Crippen LogP contribution in [0.3, 0.4) is 0 Å². The van der Waals surface area contributed by atoms with E-state index in [-0.39, 0.29) is 6.61 Å². The van der Waals surface area contributed by atoms with E-state index in [4.69, 9.17) is 16.7 Å². The zero-order valence-corrected chi connectivity index (χ0v) is 11.3. The lowest BCUT2D eigenvalue weighted by Gasteiger charge is -2.15. The fraction of sp³-hybridized carbons (Fsp3) is 0.429. The largest absolute Gasteiger partial charge is 0.396 e. The molecular weight excluding hydrogens is 248 g/mol. The fourth-order valence-corrected chi connectivity index (χ4v) is 2.34. The molecule has 0 fully saturated rings. The Morgan fingerprint density at radius 2 is 2.28 bits per heavy atom. The lowest BCUT2D eigenvalue weighted by atomic mass is 10.1. The Labute approximate surface area is 112 Å². The maximum absolute atomic E-state index is 8.97. The van der Waals surface area contributed by atoms with E-state index >= 15 is 0 Å². The first-order chi connectivity index (χ1) is 8.74. The molecule has 18 heavy (non-hydrogen) atoms. The second kappa shape index (κ2) is 6.23. The van der Waals surface area contributed by atoms with Gasteiger partial charge >= 0.3 is 0 Å². The molecule has 0 aliphatic heterocycles. The van der Waals surface area contributed by atoms with Gasteiger partial charge in [0.1, 0.15) is 0 Å². The second-order valence-electron chi connectivity index (χ2n) is 4.50. The van der Waals surface area contributed by atoms with Crippen LogP contribution >= 0.6 is 11.6 Å². The minimum Gasteiger partial charge on any atom is -0.396 e. The monoisotopic (exact) mass is 266 g/mol. The predicted octanol–water partition coefficient (Wildman–Crippen LogP) is 3.07. The Balaban J connectivity index is 2.07. The van der Waals surface area contributed by atoms with Gasteiger partial charge in [0.25, 0.3) is 0 Å². The number of aliphatic hydroxyl groups is 1.